The molecule has 11 nitrogen and oxygen atoms in total. The van der Waals surface area contributed by atoms with Crippen molar-refractivity contribution in [3.8, 4) is 17.1 Å². The van der Waals surface area contributed by atoms with Crippen molar-refractivity contribution in [3.63, 3.8) is 0 Å². The first-order valence-corrected chi connectivity index (χ1v) is 10.7. The van der Waals surface area contributed by atoms with E-state index in [-0.39, 0.29) is 35.2 Å². The molecule has 0 N–H and O–H groups in total. The molecule has 0 atom stereocenters. The van der Waals surface area contributed by atoms with Crippen LogP contribution in [-0.4, -0.2) is 30.6 Å². The number of hydrogen-bond acceptors (Lipinski definition) is 9. The van der Waals surface area contributed by atoms with Crippen molar-refractivity contribution < 1.29 is 18.9 Å². The molecule has 0 bridgehead atoms. The number of nitro groups is 1. The van der Waals surface area contributed by atoms with Gasteiger partial charge in [0.1, 0.15) is 5.82 Å². The quantitative estimate of drug-likeness (QED) is 0.199. The van der Waals surface area contributed by atoms with Gasteiger partial charge < -0.3 is 9.15 Å². The summed E-state index contributed by atoms with van der Waals surface area (Å²) in [5, 5.41) is 19.0. The lowest BCUT2D eigenvalue weighted by Gasteiger charge is -2.11. The zero-order valence-electron chi connectivity index (χ0n) is 18.8. The summed E-state index contributed by atoms with van der Waals surface area (Å²) in [6, 6.07) is 19.1. The Morgan fingerprint density at radius 3 is 2.47 bits per heavy atom. The molecule has 0 saturated carbocycles. The van der Waals surface area contributed by atoms with Gasteiger partial charge in [-0.2, -0.15) is 0 Å². The first kappa shape index (κ1) is 22.6. The smallest absolute Gasteiger partial charge is 0.338 e. The Morgan fingerprint density at radius 2 is 1.75 bits per heavy atom. The van der Waals surface area contributed by atoms with Crippen LogP contribution in [0, 0.1) is 17.0 Å². The summed E-state index contributed by atoms with van der Waals surface area (Å²) in [7, 11) is 0. The molecule has 0 aliphatic carbocycles. The maximum absolute atomic E-state index is 13.0. The van der Waals surface area contributed by atoms with Crippen LogP contribution in [-0.2, 0) is 11.3 Å². The number of non-ortho nitro benzene ring substituents is 1. The van der Waals surface area contributed by atoms with E-state index in [1.165, 1.54) is 28.8 Å². The Bertz CT molecular complexity index is 1660. The molecule has 5 rings (SSSR count). The third kappa shape index (κ3) is 4.32. The standard InChI is InChI=1S/C25H17N5O6/c1-15-26-21-5-3-2-4-20(21)24(31)29(15)18-10-8-17(9-11-18)25(32)35-14-22-27-28-23(36-22)16-6-12-19(13-7-16)30(33)34/h2-13H,14H2,1H3. The van der Waals surface area contributed by atoms with Crippen molar-refractivity contribution in [1.82, 2.24) is 19.7 Å². The van der Waals surface area contributed by atoms with Crippen molar-refractivity contribution >= 4 is 22.6 Å². The molecule has 178 valence electrons. The van der Waals surface area contributed by atoms with E-state index < -0.39 is 10.9 Å². The van der Waals surface area contributed by atoms with Gasteiger partial charge in [-0.05, 0) is 55.5 Å². The van der Waals surface area contributed by atoms with Crippen LogP contribution >= 0.6 is 0 Å². The first-order valence-electron chi connectivity index (χ1n) is 10.7. The zero-order chi connectivity index (χ0) is 25.2. The second-order valence-electron chi connectivity index (χ2n) is 7.74. The van der Waals surface area contributed by atoms with Crippen LogP contribution in [0.15, 0.2) is 82.0 Å². The number of nitro benzene ring substituents is 1. The fourth-order valence-corrected chi connectivity index (χ4v) is 3.66. The van der Waals surface area contributed by atoms with Gasteiger partial charge in [-0.3, -0.25) is 19.5 Å². The molecule has 5 aromatic rings. The summed E-state index contributed by atoms with van der Waals surface area (Å²) in [5.41, 5.74) is 1.69. The normalized spacial score (nSPS) is 10.9. The van der Waals surface area contributed by atoms with Crippen LogP contribution in [0.2, 0.25) is 0 Å². The van der Waals surface area contributed by atoms with Gasteiger partial charge in [0.25, 0.3) is 17.1 Å². The molecule has 0 aliphatic heterocycles. The topological polar surface area (TPSA) is 143 Å². The number of nitrogens with zero attached hydrogens (tertiary/aromatic N) is 5. The molecule has 0 saturated heterocycles. The van der Waals surface area contributed by atoms with Crippen LogP contribution in [0.3, 0.4) is 0 Å². The molecular weight excluding hydrogens is 466 g/mol. The summed E-state index contributed by atoms with van der Waals surface area (Å²) in [5.74, 6) is 0.120. The van der Waals surface area contributed by atoms with E-state index in [0.717, 1.165) is 0 Å². The summed E-state index contributed by atoms with van der Waals surface area (Å²) < 4.78 is 12.2. The maximum Gasteiger partial charge on any atom is 0.338 e. The lowest BCUT2D eigenvalue weighted by Crippen LogP contribution is -2.22. The van der Waals surface area contributed by atoms with Crippen LogP contribution in [0.1, 0.15) is 22.1 Å². The van der Waals surface area contributed by atoms with E-state index in [1.807, 2.05) is 6.07 Å². The summed E-state index contributed by atoms with van der Waals surface area (Å²) >= 11 is 0. The van der Waals surface area contributed by atoms with Crippen LogP contribution in [0.25, 0.3) is 28.0 Å². The van der Waals surface area contributed by atoms with E-state index in [9.17, 15) is 19.7 Å². The largest absolute Gasteiger partial charge is 0.452 e. The number of benzene rings is 3. The molecule has 0 amide bonds. The van der Waals surface area contributed by atoms with Crippen LogP contribution in [0.5, 0.6) is 0 Å². The Hall–Kier alpha value is -5.19. The minimum atomic E-state index is -0.614. The second kappa shape index (κ2) is 9.22. The highest BCUT2D eigenvalue weighted by Crippen LogP contribution is 2.21. The fourth-order valence-electron chi connectivity index (χ4n) is 3.66. The number of carbonyl (C=O) groups is 1. The Morgan fingerprint density at radius 1 is 1.03 bits per heavy atom. The molecule has 11 heteroatoms. The molecule has 2 heterocycles. The fraction of sp³-hybridized carbons (Fsp3) is 0.0800. The van der Waals surface area contributed by atoms with E-state index in [0.29, 0.717) is 28.0 Å². The van der Waals surface area contributed by atoms with Gasteiger partial charge in [-0.25, -0.2) is 9.78 Å². The molecule has 36 heavy (non-hydrogen) atoms. The van der Waals surface area contributed by atoms with Crippen LogP contribution < -0.4 is 5.56 Å². The highest BCUT2D eigenvalue weighted by molar-refractivity contribution is 5.89. The number of ether oxygens (including phenoxy) is 1. The molecule has 0 aliphatic rings. The van der Waals surface area contributed by atoms with E-state index in [2.05, 4.69) is 15.2 Å². The number of para-hydroxylation sites is 1. The van der Waals surface area contributed by atoms with Crippen molar-refractivity contribution in [2.45, 2.75) is 13.5 Å². The second-order valence-corrected chi connectivity index (χ2v) is 7.74. The van der Waals surface area contributed by atoms with Gasteiger partial charge in [0.15, 0.2) is 6.61 Å². The van der Waals surface area contributed by atoms with Gasteiger partial charge in [-0.1, -0.05) is 12.1 Å². The molecule has 0 radical (unpaired) electrons. The predicted molar refractivity (Wildman–Crippen MR) is 128 cm³/mol. The first-order chi connectivity index (χ1) is 17.4. The van der Waals surface area contributed by atoms with Gasteiger partial charge >= 0.3 is 5.97 Å². The van der Waals surface area contributed by atoms with Gasteiger partial charge in [0.2, 0.25) is 5.89 Å². The summed E-state index contributed by atoms with van der Waals surface area (Å²) in [4.78, 5) is 40.2. The third-order valence-electron chi connectivity index (χ3n) is 5.42. The number of aromatic nitrogens is 4. The number of hydrogen-bond donors (Lipinski definition) is 0. The van der Waals surface area contributed by atoms with Crippen molar-refractivity contribution in [2.24, 2.45) is 0 Å². The minimum Gasteiger partial charge on any atom is -0.452 e. The number of rotatable bonds is 6. The van der Waals surface area contributed by atoms with E-state index in [4.69, 9.17) is 9.15 Å². The lowest BCUT2D eigenvalue weighted by atomic mass is 10.2. The number of aryl methyl sites for hydroxylation is 1. The van der Waals surface area contributed by atoms with Crippen molar-refractivity contribution in [3.05, 3.63) is 111 Å². The van der Waals surface area contributed by atoms with Crippen molar-refractivity contribution in [1.29, 1.82) is 0 Å². The number of esters is 1. The van der Waals surface area contributed by atoms with E-state index in [1.54, 1.807) is 49.4 Å². The zero-order valence-corrected chi connectivity index (χ0v) is 18.8. The highest BCUT2D eigenvalue weighted by atomic mass is 16.6. The monoisotopic (exact) mass is 483 g/mol. The van der Waals surface area contributed by atoms with E-state index >= 15 is 0 Å². The lowest BCUT2D eigenvalue weighted by molar-refractivity contribution is -0.384. The molecular formula is C25H17N5O6. The Balaban J connectivity index is 1.28. The summed E-state index contributed by atoms with van der Waals surface area (Å²) in [6.07, 6.45) is 0. The molecule has 0 fully saturated rings. The van der Waals surface area contributed by atoms with Gasteiger partial charge in [0, 0.05) is 17.7 Å². The van der Waals surface area contributed by atoms with Crippen LogP contribution in [0.4, 0.5) is 5.69 Å². The van der Waals surface area contributed by atoms with Gasteiger partial charge in [-0.15, -0.1) is 10.2 Å². The average molecular weight is 483 g/mol. The summed E-state index contributed by atoms with van der Waals surface area (Å²) in [6.45, 7) is 1.49. The molecule has 3 aromatic carbocycles. The number of carbonyl (C=O) groups excluding carboxylic acids is 1. The molecule has 0 unspecified atom stereocenters. The minimum absolute atomic E-state index is 0.0599. The maximum atomic E-state index is 13.0. The number of fused-ring (bicyclic) bond motifs is 1. The predicted octanol–water partition coefficient (Wildman–Crippen LogP) is 4.01. The molecule has 0 spiro atoms. The Labute approximate surface area is 202 Å². The van der Waals surface area contributed by atoms with Crippen molar-refractivity contribution in [2.75, 3.05) is 0 Å². The Kier molecular flexibility index (Phi) is 5.79. The third-order valence-corrected chi connectivity index (χ3v) is 5.42. The van der Waals surface area contributed by atoms with Gasteiger partial charge in [0.05, 0.1) is 27.1 Å². The average Bonchev–Trinajstić information content (AvgIpc) is 3.37. The SMILES string of the molecule is Cc1nc2ccccc2c(=O)n1-c1ccc(C(=O)OCc2nnc(-c3ccc([N+](=O)[O-])cc3)o2)cc1. The highest BCUT2D eigenvalue weighted by Gasteiger charge is 2.15. The molecule has 2 aromatic heterocycles.